The number of piperidine rings is 2. The number of rotatable bonds is 5. The molecule has 0 spiro atoms. The summed E-state index contributed by atoms with van der Waals surface area (Å²) in [5, 5.41) is 3.70. The SMILES string of the molecule is CCCNC1CCCN(CC2CCN(C)CC2)C1. The molecule has 0 amide bonds. The molecular formula is C15H31N3. The van der Waals surface area contributed by atoms with Crippen LogP contribution in [0.5, 0.6) is 0 Å². The van der Waals surface area contributed by atoms with Crippen LogP contribution in [0, 0.1) is 5.92 Å². The highest BCUT2D eigenvalue weighted by atomic mass is 15.2. The summed E-state index contributed by atoms with van der Waals surface area (Å²) in [5.41, 5.74) is 0. The zero-order valence-electron chi connectivity index (χ0n) is 12.3. The van der Waals surface area contributed by atoms with Gasteiger partial charge < -0.3 is 15.1 Å². The smallest absolute Gasteiger partial charge is 0.0195 e. The third-order valence-corrected chi connectivity index (χ3v) is 4.54. The van der Waals surface area contributed by atoms with Crippen LogP contribution in [0.1, 0.15) is 39.0 Å². The average molecular weight is 253 g/mol. The minimum Gasteiger partial charge on any atom is -0.313 e. The second-order valence-corrected chi connectivity index (χ2v) is 6.30. The molecule has 0 saturated carbocycles. The van der Waals surface area contributed by atoms with Gasteiger partial charge >= 0.3 is 0 Å². The molecule has 1 unspecified atom stereocenters. The van der Waals surface area contributed by atoms with Gasteiger partial charge in [-0.15, -0.1) is 0 Å². The van der Waals surface area contributed by atoms with E-state index >= 15 is 0 Å². The van der Waals surface area contributed by atoms with Crippen molar-refractivity contribution in [1.29, 1.82) is 0 Å². The van der Waals surface area contributed by atoms with Crippen molar-refractivity contribution in [2.75, 3.05) is 46.3 Å². The Kier molecular flexibility index (Phi) is 5.93. The molecule has 3 nitrogen and oxygen atoms in total. The predicted molar refractivity (Wildman–Crippen MR) is 78.0 cm³/mol. The first kappa shape index (κ1) is 14.3. The molecule has 0 bridgehead atoms. The molecule has 2 rings (SSSR count). The molecule has 2 aliphatic rings. The lowest BCUT2D eigenvalue weighted by molar-refractivity contribution is 0.130. The van der Waals surface area contributed by atoms with Crippen molar-refractivity contribution < 1.29 is 0 Å². The number of likely N-dealkylation sites (tertiary alicyclic amines) is 2. The molecule has 0 aromatic carbocycles. The van der Waals surface area contributed by atoms with Crippen LogP contribution in [0.2, 0.25) is 0 Å². The summed E-state index contributed by atoms with van der Waals surface area (Å²) in [7, 11) is 2.25. The van der Waals surface area contributed by atoms with Gasteiger partial charge in [-0.1, -0.05) is 6.92 Å². The second kappa shape index (κ2) is 7.46. The summed E-state index contributed by atoms with van der Waals surface area (Å²) in [5.74, 6) is 0.950. The molecule has 0 radical (unpaired) electrons. The summed E-state index contributed by atoms with van der Waals surface area (Å²) < 4.78 is 0. The van der Waals surface area contributed by atoms with E-state index < -0.39 is 0 Å². The summed E-state index contributed by atoms with van der Waals surface area (Å²) in [6.07, 6.45) is 6.82. The third-order valence-electron chi connectivity index (χ3n) is 4.54. The fraction of sp³-hybridized carbons (Fsp3) is 1.00. The van der Waals surface area contributed by atoms with Crippen LogP contribution in [0.3, 0.4) is 0 Å². The van der Waals surface area contributed by atoms with Gasteiger partial charge in [0.05, 0.1) is 0 Å². The Hall–Kier alpha value is -0.120. The van der Waals surface area contributed by atoms with Gasteiger partial charge in [0.2, 0.25) is 0 Å². The van der Waals surface area contributed by atoms with E-state index in [1.165, 1.54) is 71.4 Å². The molecule has 1 N–H and O–H groups in total. The maximum atomic E-state index is 3.70. The molecule has 3 heteroatoms. The second-order valence-electron chi connectivity index (χ2n) is 6.30. The Morgan fingerprint density at radius 2 is 1.89 bits per heavy atom. The van der Waals surface area contributed by atoms with Crippen molar-refractivity contribution in [3.05, 3.63) is 0 Å². The van der Waals surface area contributed by atoms with Gasteiger partial charge in [-0.05, 0) is 71.2 Å². The molecule has 0 aromatic rings. The summed E-state index contributed by atoms with van der Waals surface area (Å²) in [4.78, 5) is 5.19. The minimum atomic E-state index is 0.755. The van der Waals surface area contributed by atoms with E-state index in [1.807, 2.05) is 0 Å². The zero-order valence-corrected chi connectivity index (χ0v) is 12.3. The third kappa shape index (κ3) is 4.52. The van der Waals surface area contributed by atoms with Crippen molar-refractivity contribution >= 4 is 0 Å². The van der Waals surface area contributed by atoms with Gasteiger partial charge in [0.1, 0.15) is 0 Å². The average Bonchev–Trinajstić information content (AvgIpc) is 2.40. The highest BCUT2D eigenvalue weighted by Gasteiger charge is 2.23. The van der Waals surface area contributed by atoms with E-state index in [4.69, 9.17) is 0 Å². The van der Waals surface area contributed by atoms with Crippen LogP contribution < -0.4 is 5.32 Å². The molecule has 2 saturated heterocycles. The highest BCUT2D eigenvalue weighted by Crippen LogP contribution is 2.19. The largest absolute Gasteiger partial charge is 0.313 e. The van der Waals surface area contributed by atoms with Gasteiger partial charge in [0.25, 0.3) is 0 Å². The summed E-state index contributed by atoms with van der Waals surface area (Å²) in [6, 6.07) is 0.755. The van der Waals surface area contributed by atoms with Gasteiger partial charge in [0.15, 0.2) is 0 Å². The van der Waals surface area contributed by atoms with Crippen LogP contribution in [-0.2, 0) is 0 Å². The Balaban J connectivity index is 1.68. The van der Waals surface area contributed by atoms with Gasteiger partial charge in [-0.2, -0.15) is 0 Å². The van der Waals surface area contributed by atoms with Crippen LogP contribution in [0.4, 0.5) is 0 Å². The van der Waals surface area contributed by atoms with Crippen molar-refractivity contribution in [2.24, 2.45) is 5.92 Å². The first-order valence-corrected chi connectivity index (χ1v) is 7.92. The Morgan fingerprint density at radius 3 is 2.61 bits per heavy atom. The highest BCUT2D eigenvalue weighted by molar-refractivity contribution is 4.81. The van der Waals surface area contributed by atoms with E-state index in [9.17, 15) is 0 Å². The predicted octanol–water partition coefficient (Wildman–Crippen LogP) is 1.79. The van der Waals surface area contributed by atoms with Crippen LogP contribution in [0.25, 0.3) is 0 Å². The van der Waals surface area contributed by atoms with Crippen molar-refractivity contribution in [3.8, 4) is 0 Å². The fourth-order valence-electron chi connectivity index (χ4n) is 3.35. The van der Waals surface area contributed by atoms with Crippen LogP contribution >= 0.6 is 0 Å². The molecule has 106 valence electrons. The van der Waals surface area contributed by atoms with Crippen molar-refractivity contribution in [3.63, 3.8) is 0 Å². The molecule has 2 fully saturated rings. The standard InChI is InChI=1S/C15H31N3/c1-3-8-16-15-5-4-9-18(13-15)12-14-6-10-17(2)11-7-14/h14-16H,3-13H2,1-2H3. The quantitative estimate of drug-likeness (QED) is 0.806. The zero-order chi connectivity index (χ0) is 12.8. The van der Waals surface area contributed by atoms with Crippen LogP contribution in [0.15, 0.2) is 0 Å². The van der Waals surface area contributed by atoms with E-state index in [1.54, 1.807) is 0 Å². The summed E-state index contributed by atoms with van der Waals surface area (Å²) >= 11 is 0. The molecule has 0 aliphatic carbocycles. The first-order valence-electron chi connectivity index (χ1n) is 7.92. The van der Waals surface area contributed by atoms with E-state index in [0.717, 1.165) is 12.0 Å². The topological polar surface area (TPSA) is 18.5 Å². The fourth-order valence-corrected chi connectivity index (χ4v) is 3.35. The molecule has 18 heavy (non-hydrogen) atoms. The lowest BCUT2D eigenvalue weighted by atomic mass is 9.95. The summed E-state index contributed by atoms with van der Waals surface area (Å²) in [6.45, 7) is 10.0. The Morgan fingerprint density at radius 1 is 1.11 bits per heavy atom. The van der Waals surface area contributed by atoms with Crippen molar-refractivity contribution in [1.82, 2.24) is 15.1 Å². The first-order chi connectivity index (χ1) is 8.78. The lowest BCUT2D eigenvalue weighted by Crippen LogP contribution is -2.48. The van der Waals surface area contributed by atoms with Gasteiger partial charge in [0, 0.05) is 19.1 Å². The normalized spacial score (nSPS) is 28.7. The van der Waals surface area contributed by atoms with Crippen molar-refractivity contribution in [2.45, 2.75) is 45.1 Å². The number of hydrogen-bond acceptors (Lipinski definition) is 3. The van der Waals surface area contributed by atoms with Gasteiger partial charge in [-0.25, -0.2) is 0 Å². The molecule has 1 atom stereocenters. The molecule has 0 aromatic heterocycles. The van der Waals surface area contributed by atoms with E-state index in [-0.39, 0.29) is 0 Å². The molecule has 2 aliphatic heterocycles. The lowest BCUT2D eigenvalue weighted by Gasteiger charge is -2.37. The maximum absolute atomic E-state index is 3.70. The molecule has 2 heterocycles. The maximum Gasteiger partial charge on any atom is 0.0195 e. The Bertz CT molecular complexity index is 224. The van der Waals surface area contributed by atoms with Gasteiger partial charge in [-0.3, -0.25) is 0 Å². The van der Waals surface area contributed by atoms with E-state index in [0.29, 0.717) is 0 Å². The minimum absolute atomic E-state index is 0.755. The monoisotopic (exact) mass is 253 g/mol. The molecular weight excluding hydrogens is 222 g/mol. The van der Waals surface area contributed by atoms with E-state index in [2.05, 4.69) is 29.1 Å². The number of nitrogens with one attached hydrogen (secondary N) is 1. The van der Waals surface area contributed by atoms with Crippen LogP contribution in [-0.4, -0.2) is 62.2 Å². The Labute approximate surface area is 113 Å². The number of hydrogen-bond donors (Lipinski definition) is 1. The number of nitrogens with zero attached hydrogens (tertiary/aromatic N) is 2.